The summed E-state index contributed by atoms with van der Waals surface area (Å²) >= 11 is 0. The molecule has 1 atom stereocenters. The van der Waals surface area contributed by atoms with Crippen molar-refractivity contribution in [1.29, 1.82) is 0 Å². The average Bonchev–Trinajstić information content (AvgIpc) is 2.88. The minimum atomic E-state index is -0.294. The van der Waals surface area contributed by atoms with E-state index >= 15 is 0 Å². The van der Waals surface area contributed by atoms with Crippen LogP contribution in [0, 0.1) is 0 Å². The quantitative estimate of drug-likeness (QED) is 0.702. The third-order valence-corrected chi connectivity index (χ3v) is 4.23. The molecule has 0 fully saturated rings. The zero-order valence-electron chi connectivity index (χ0n) is 13.5. The Morgan fingerprint density at radius 2 is 2.00 bits per heavy atom. The molecule has 120 valence electrons. The minimum Gasteiger partial charge on any atom is -0.408 e. The predicted octanol–water partition coefficient (Wildman–Crippen LogP) is 2.55. The summed E-state index contributed by atoms with van der Waals surface area (Å²) in [6, 6.07) is 13.8. The number of hydrogen-bond donors (Lipinski definition) is 0. The van der Waals surface area contributed by atoms with Crippen LogP contribution in [0.1, 0.15) is 12.6 Å². The van der Waals surface area contributed by atoms with Crippen molar-refractivity contribution in [1.82, 2.24) is 14.5 Å². The maximum Gasteiger partial charge on any atom is 0.419 e. The molecule has 0 aliphatic rings. The van der Waals surface area contributed by atoms with E-state index in [1.807, 2.05) is 48.7 Å². The summed E-state index contributed by atoms with van der Waals surface area (Å²) in [5.41, 5.74) is 2.57. The molecule has 2 aromatic heterocycles. The predicted molar refractivity (Wildman–Crippen MR) is 90.5 cm³/mol. The van der Waals surface area contributed by atoms with E-state index in [1.54, 1.807) is 4.57 Å². The molecule has 0 unspecified atom stereocenters. The van der Waals surface area contributed by atoms with Gasteiger partial charge in [-0.3, -0.25) is 9.55 Å². The Hall–Kier alpha value is -2.40. The molecule has 0 aliphatic carbocycles. The number of rotatable bonds is 6. The molecule has 5 nitrogen and oxygen atoms in total. The van der Waals surface area contributed by atoms with Gasteiger partial charge >= 0.3 is 5.76 Å². The van der Waals surface area contributed by atoms with E-state index in [2.05, 4.69) is 23.9 Å². The first kappa shape index (κ1) is 15.5. The molecule has 3 aromatic rings. The molecule has 0 bridgehead atoms. The van der Waals surface area contributed by atoms with Gasteiger partial charge in [-0.25, -0.2) is 4.79 Å². The van der Waals surface area contributed by atoms with Gasteiger partial charge in [0.2, 0.25) is 0 Å². The molecule has 0 spiro atoms. The number of hydrogen-bond acceptors (Lipinski definition) is 4. The highest BCUT2D eigenvalue weighted by Crippen LogP contribution is 2.12. The Morgan fingerprint density at radius 1 is 1.22 bits per heavy atom. The first-order valence-corrected chi connectivity index (χ1v) is 7.83. The lowest BCUT2D eigenvalue weighted by Gasteiger charge is -2.24. The summed E-state index contributed by atoms with van der Waals surface area (Å²) < 4.78 is 6.96. The normalized spacial score (nSPS) is 12.8. The highest BCUT2D eigenvalue weighted by Gasteiger charge is 2.13. The molecule has 3 rings (SSSR count). The van der Waals surface area contributed by atoms with Crippen LogP contribution in [0.25, 0.3) is 11.1 Å². The van der Waals surface area contributed by atoms with Gasteiger partial charge < -0.3 is 9.32 Å². The van der Waals surface area contributed by atoms with Gasteiger partial charge in [0.25, 0.3) is 0 Å². The van der Waals surface area contributed by atoms with E-state index in [9.17, 15) is 4.79 Å². The summed E-state index contributed by atoms with van der Waals surface area (Å²) in [6.07, 6.45) is 2.71. The van der Waals surface area contributed by atoms with Gasteiger partial charge in [-0.1, -0.05) is 18.2 Å². The van der Waals surface area contributed by atoms with Gasteiger partial charge in [0, 0.05) is 37.4 Å². The first-order valence-electron chi connectivity index (χ1n) is 7.83. The number of aromatic nitrogens is 2. The number of nitrogens with zero attached hydrogens (tertiary/aromatic N) is 3. The number of oxazole rings is 1. The minimum absolute atomic E-state index is 0.294. The summed E-state index contributed by atoms with van der Waals surface area (Å²) in [5, 5.41) is 0. The third-order valence-electron chi connectivity index (χ3n) is 4.23. The van der Waals surface area contributed by atoms with Crippen LogP contribution in [0.5, 0.6) is 0 Å². The summed E-state index contributed by atoms with van der Waals surface area (Å²) in [4.78, 5) is 18.6. The van der Waals surface area contributed by atoms with Crippen LogP contribution in [0.3, 0.4) is 0 Å². The van der Waals surface area contributed by atoms with Gasteiger partial charge in [0.1, 0.15) is 0 Å². The monoisotopic (exact) mass is 311 g/mol. The molecule has 0 saturated carbocycles. The van der Waals surface area contributed by atoms with E-state index in [4.69, 9.17) is 4.42 Å². The van der Waals surface area contributed by atoms with Crippen LogP contribution in [0.15, 0.2) is 57.9 Å². The van der Waals surface area contributed by atoms with Crippen LogP contribution in [-0.2, 0) is 13.0 Å². The molecule has 1 aromatic carbocycles. The molecule has 0 saturated heterocycles. The van der Waals surface area contributed by atoms with Crippen molar-refractivity contribution in [3.05, 3.63) is 64.9 Å². The summed E-state index contributed by atoms with van der Waals surface area (Å²) in [5.74, 6) is -0.294. The third kappa shape index (κ3) is 3.51. The maximum atomic E-state index is 12.0. The van der Waals surface area contributed by atoms with Crippen LogP contribution in [0.2, 0.25) is 0 Å². The van der Waals surface area contributed by atoms with Gasteiger partial charge in [-0.2, -0.15) is 0 Å². The molecule has 23 heavy (non-hydrogen) atoms. The Morgan fingerprint density at radius 3 is 2.78 bits per heavy atom. The highest BCUT2D eigenvalue weighted by atomic mass is 16.4. The van der Waals surface area contributed by atoms with Crippen LogP contribution < -0.4 is 5.76 Å². The second-order valence-corrected chi connectivity index (χ2v) is 5.84. The van der Waals surface area contributed by atoms with E-state index in [0.717, 1.165) is 24.2 Å². The fourth-order valence-corrected chi connectivity index (χ4v) is 2.68. The number of para-hydroxylation sites is 2. The zero-order chi connectivity index (χ0) is 16.2. The Bertz CT molecular complexity index is 823. The zero-order valence-corrected chi connectivity index (χ0v) is 13.5. The maximum absolute atomic E-state index is 12.0. The van der Waals surface area contributed by atoms with Gasteiger partial charge in [0.05, 0.1) is 5.52 Å². The molecule has 0 radical (unpaired) electrons. The largest absolute Gasteiger partial charge is 0.419 e. The molecular formula is C18H21N3O2. The van der Waals surface area contributed by atoms with Gasteiger partial charge in [0.15, 0.2) is 5.58 Å². The Balaban J connectivity index is 1.65. The summed E-state index contributed by atoms with van der Waals surface area (Å²) in [6.45, 7) is 3.56. The molecule has 2 heterocycles. The van der Waals surface area contributed by atoms with E-state index < -0.39 is 0 Å². The van der Waals surface area contributed by atoms with Crippen molar-refractivity contribution in [2.45, 2.75) is 25.9 Å². The standard InChI is InChI=1S/C18H21N3O2/c1-14(13-15-7-5-6-10-19-15)20(2)11-12-21-16-8-3-4-9-17(16)23-18(21)22/h3-10,14H,11-13H2,1-2H3/t14-/m0/s1. The SMILES string of the molecule is C[C@@H](Cc1ccccn1)N(C)CCn1c(=O)oc2ccccc21. The lowest BCUT2D eigenvalue weighted by molar-refractivity contribution is 0.243. The number of pyridine rings is 1. The number of benzene rings is 1. The van der Waals surface area contributed by atoms with Crippen molar-refractivity contribution >= 4 is 11.1 Å². The number of likely N-dealkylation sites (N-methyl/N-ethyl adjacent to an activating group) is 1. The smallest absolute Gasteiger partial charge is 0.408 e. The van der Waals surface area contributed by atoms with Crippen molar-refractivity contribution in [2.75, 3.05) is 13.6 Å². The molecule has 0 amide bonds. The highest BCUT2D eigenvalue weighted by molar-refractivity contribution is 5.72. The van der Waals surface area contributed by atoms with Gasteiger partial charge in [-0.15, -0.1) is 0 Å². The molecular weight excluding hydrogens is 290 g/mol. The fourth-order valence-electron chi connectivity index (χ4n) is 2.68. The Kier molecular flexibility index (Phi) is 4.57. The summed E-state index contributed by atoms with van der Waals surface area (Å²) in [7, 11) is 2.07. The van der Waals surface area contributed by atoms with Crippen LogP contribution in [-0.4, -0.2) is 34.1 Å². The second-order valence-electron chi connectivity index (χ2n) is 5.84. The van der Waals surface area contributed by atoms with E-state index in [-0.39, 0.29) is 5.76 Å². The van der Waals surface area contributed by atoms with Crippen molar-refractivity contribution in [3.8, 4) is 0 Å². The molecule has 0 aliphatic heterocycles. The first-order chi connectivity index (χ1) is 11.1. The molecule has 5 heteroatoms. The van der Waals surface area contributed by atoms with Crippen molar-refractivity contribution in [2.24, 2.45) is 0 Å². The number of fused-ring (bicyclic) bond motifs is 1. The van der Waals surface area contributed by atoms with Crippen LogP contribution in [0.4, 0.5) is 0 Å². The average molecular weight is 311 g/mol. The van der Waals surface area contributed by atoms with Gasteiger partial charge in [-0.05, 0) is 38.2 Å². The Labute approximate surface area is 135 Å². The topological polar surface area (TPSA) is 51.3 Å². The second kappa shape index (κ2) is 6.79. The molecule has 0 N–H and O–H groups in total. The van der Waals surface area contributed by atoms with E-state index in [1.165, 1.54) is 0 Å². The van der Waals surface area contributed by atoms with Crippen molar-refractivity contribution < 1.29 is 4.42 Å². The van der Waals surface area contributed by atoms with Crippen molar-refractivity contribution in [3.63, 3.8) is 0 Å². The fraction of sp³-hybridized carbons (Fsp3) is 0.333. The lowest BCUT2D eigenvalue weighted by atomic mass is 10.1. The van der Waals surface area contributed by atoms with E-state index in [0.29, 0.717) is 18.2 Å². The van der Waals surface area contributed by atoms with Crippen LogP contribution >= 0.6 is 0 Å². The lowest BCUT2D eigenvalue weighted by Crippen LogP contribution is -2.35.